The molecule has 1 atom stereocenters. The molecule has 1 aliphatic rings. The van der Waals surface area contributed by atoms with E-state index in [0.717, 1.165) is 23.0 Å². The third-order valence-electron chi connectivity index (χ3n) is 3.67. The van der Waals surface area contributed by atoms with E-state index in [1.165, 1.54) is 0 Å². The zero-order valence-electron chi connectivity index (χ0n) is 11.4. The second-order valence-corrected chi connectivity index (χ2v) is 5.57. The Morgan fingerprint density at radius 1 is 1.63 bits per heavy atom. The smallest absolute Gasteiger partial charge is 0.0948 e. The molecule has 19 heavy (non-hydrogen) atoms. The average Bonchev–Trinajstić information content (AvgIpc) is 2.73. The van der Waals surface area contributed by atoms with Crippen LogP contribution in [0.5, 0.6) is 0 Å². The summed E-state index contributed by atoms with van der Waals surface area (Å²) in [5, 5.41) is 4.26. The maximum Gasteiger partial charge on any atom is 0.0948 e. The maximum absolute atomic E-state index is 6.07. The highest BCUT2D eigenvalue weighted by atomic mass is 79.9. The summed E-state index contributed by atoms with van der Waals surface area (Å²) in [5.74, 6) is 5.82. The van der Waals surface area contributed by atoms with Gasteiger partial charge in [-0.1, -0.05) is 0 Å². The molecule has 7 heteroatoms. The summed E-state index contributed by atoms with van der Waals surface area (Å²) in [6.07, 6.45) is 3.40. The van der Waals surface area contributed by atoms with Gasteiger partial charge in [0.15, 0.2) is 0 Å². The van der Waals surface area contributed by atoms with Crippen molar-refractivity contribution in [1.82, 2.24) is 15.2 Å². The molecule has 0 amide bonds. The summed E-state index contributed by atoms with van der Waals surface area (Å²) in [5.41, 5.74) is 3.56. The first-order chi connectivity index (χ1) is 9.14. The molecular weight excluding hydrogens is 312 g/mol. The van der Waals surface area contributed by atoms with Crippen molar-refractivity contribution in [1.29, 1.82) is 0 Å². The quantitative estimate of drug-likeness (QED) is 0.627. The van der Waals surface area contributed by atoms with Crippen LogP contribution in [0.4, 0.5) is 0 Å². The lowest BCUT2D eigenvalue weighted by Crippen LogP contribution is -2.52. The van der Waals surface area contributed by atoms with E-state index in [1.807, 2.05) is 18.7 Å². The zero-order chi connectivity index (χ0) is 13.9. The molecule has 0 radical (unpaired) electrons. The normalized spacial score (nSPS) is 20.4. The SMILES string of the molecule is CCOC1(C(NN)c2c(Br)cnn2C)CCOCC1. The van der Waals surface area contributed by atoms with Crippen molar-refractivity contribution < 1.29 is 9.47 Å². The highest BCUT2D eigenvalue weighted by Gasteiger charge is 2.43. The number of rotatable bonds is 5. The van der Waals surface area contributed by atoms with E-state index in [1.54, 1.807) is 6.20 Å². The van der Waals surface area contributed by atoms with Crippen LogP contribution in [0.25, 0.3) is 0 Å². The number of nitrogens with two attached hydrogens (primary N) is 1. The predicted octanol–water partition coefficient (Wildman–Crippen LogP) is 1.27. The molecule has 2 heterocycles. The Balaban J connectivity index is 2.37. The van der Waals surface area contributed by atoms with Gasteiger partial charge in [-0.3, -0.25) is 10.5 Å². The minimum Gasteiger partial charge on any atom is -0.381 e. The number of nitrogens with zero attached hydrogens (tertiary/aromatic N) is 2. The lowest BCUT2D eigenvalue weighted by atomic mass is 9.84. The summed E-state index contributed by atoms with van der Waals surface area (Å²) in [7, 11) is 1.91. The number of hydrogen-bond acceptors (Lipinski definition) is 5. The standard InChI is InChI=1S/C12H21BrN4O2/c1-3-19-12(4-6-18-7-5-12)11(16-14)10-9(13)8-15-17(10)2/h8,11,16H,3-7,14H2,1-2H3. The van der Waals surface area contributed by atoms with E-state index >= 15 is 0 Å². The lowest BCUT2D eigenvalue weighted by Gasteiger charge is -2.42. The van der Waals surface area contributed by atoms with Crippen LogP contribution in [0, 0.1) is 0 Å². The average molecular weight is 333 g/mol. The minimum absolute atomic E-state index is 0.127. The first-order valence-corrected chi connectivity index (χ1v) is 7.29. The lowest BCUT2D eigenvalue weighted by molar-refractivity contribution is -0.129. The minimum atomic E-state index is -0.349. The van der Waals surface area contributed by atoms with E-state index in [2.05, 4.69) is 26.5 Å². The van der Waals surface area contributed by atoms with E-state index in [-0.39, 0.29) is 11.6 Å². The Morgan fingerprint density at radius 3 is 2.79 bits per heavy atom. The number of ether oxygens (including phenoxy) is 2. The molecule has 108 valence electrons. The van der Waals surface area contributed by atoms with Crippen LogP contribution in [0.2, 0.25) is 0 Å². The molecule has 1 aromatic heterocycles. The molecule has 1 aromatic rings. The second-order valence-electron chi connectivity index (χ2n) is 4.71. The third kappa shape index (κ3) is 2.85. The molecular formula is C12H21BrN4O2. The molecule has 1 fully saturated rings. The molecule has 0 aliphatic carbocycles. The van der Waals surface area contributed by atoms with Crippen LogP contribution in [-0.2, 0) is 16.5 Å². The molecule has 0 saturated carbocycles. The van der Waals surface area contributed by atoms with Gasteiger partial charge in [0.25, 0.3) is 0 Å². The van der Waals surface area contributed by atoms with Crippen LogP contribution < -0.4 is 11.3 Å². The van der Waals surface area contributed by atoms with Crippen molar-refractivity contribution in [3.05, 3.63) is 16.4 Å². The fraction of sp³-hybridized carbons (Fsp3) is 0.750. The third-order valence-corrected chi connectivity index (χ3v) is 4.29. The first-order valence-electron chi connectivity index (χ1n) is 6.50. The van der Waals surface area contributed by atoms with Gasteiger partial charge >= 0.3 is 0 Å². The molecule has 0 bridgehead atoms. The Kier molecular flexibility index (Phi) is 4.97. The van der Waals surface area contributed by atoms with Gasteiger partial charge in [0.05, 0.1) is 28.0 Å². The van der Waals surface area contributed by atoms with Crippen LogP contribution in [0.1, 0.15) is 31.5 Å². The highest BCUT2D eigenvalue weighted by molar-refractivity contribution is 9.10. The van der Waals surface area contributed by atoms with Gasteiger partial charge in [-0.2, -0.15) is 5.10 Å². The summed E-state index contributed by atoms with van der Waals surface area (Å²) in [4.78, 5) is 0. The largest absolute Gasteiger partial charge is 0.381 e. The molecule has 1 aliphatic heterocycles. The number of nitrogens with one attached hydrogen (secondary N) is 1. The Labute approximate surface area is 121 Å². The van der Waals surface area contributed by atoms with Crippen LogP contribution >= 0.6 is 15.9 Å². The van der Waals surface area contributed by atoms with Gasteiger partial charge in [-0.15, -0.1) is 0 Å². The predicted molar refractivity (Wildman–Crippen MR) is 75.4 cm³/mol. The molecule has 0 aromatic carbocycles. The van der Waals surface area contributed by atoms with Crippen LogP contribution in [-0.4, -0.2) is 35.2 Å². The molecule has 1 unspecified atom stereocenters. The van der Waals surface area contributed by atoms with Gasteiger partial charge in [0.1, 0.15) is 0 Å². The van der Waals surface area contributed by atoms with Gasteiger partial charge < -0.3 is 9.47 Å². The number of hydrazine groups is 1. The first kappa shape index (κ1) is 14.9. The summed E-state index contributed by atoms with van der Waals surface area (Å²) in [6.45, 7) is 4.03. The molecule has 3 N–H and O–H groups in total. The van der Waals surface area contributed by atoms with E-state index < -0.39 is 0 Å². The number of hydrogen-bond donors (Lipinski definition) is 2. The highest BCUT2D eigenvalue weighted by Crippen LogP contribution is 2.39. The van der Waals surface area contributed by atoms with Crippen molar-refractivity contribution in [2.45, 2.75) is 31.4 Å². The summed E-state index contributed by atoms with van der Waals surface area (Å²) < 4.78 is 14.3. The Bertz CT molecular complexity index is 393. The van der Waals surface area contributed by atoms with Gasteiger partial charge in [-0.25, -0.2) is 5.43 Å². The van der Waals surface area contributed by atoms with Crippen molar-refractivity contribution in [2.24, 2.45) is 12.9 Å². The van der Waals surface area contributed by atoms with Crippen molar-refractivity contribution in [2.75, 3.05) is 19.8 Å². The van der Waals surface area contributed by atoms with Crippen molar-refractivity contribution in [3.8, 4) is 0 Å². The zero-order valence-corrected chi connectivity index (χ0v) is 12.9. The van der Waals surface area contributed by atoms with Gasteiger partial charge in [-0.05, 0) is 22.9 Å². The monoisotopic (exact) mass is 332 g/mol. The summed E-state index contributed by atoms with van der Waals surface area (Å²) in [6, 6.07) is -0.127. The topological polar surface area (TPSA) is 74.3 Å². The van der Waals surface area contributed by atoms with Crippen molar-refractivity contribution >= 4 is 15.9 Å². The van der Waals surface area contributed by atoms with E-state index in [0.29, 0.717) is 19.8 Å². The fourth-order valence-corrected chi connectivity index (χ4v) is 3.32. The van der Waals surface area contributed by atoms with Crippen LogP contribution in [0.3, 0.4) is 0 Å². The van der Waals surface area contributed by atoms with Crippen LogP contribution in [0.15, 0.2) is 10.7 Å². The number of aryl methyl sites for hydroxylation is 1. The Morgan fingerprint density at radius 2 is 2.32 bits per heavy atom. The summed E-state index contributed by atoms with van der Waals surface area (Å²) >= 11 is 3.53. The molecule has 6 nitrogen and oxygen atoms in total. The van der Waals surface area contributed by atoms with E-state index in [9.17, 15) is 0 Å². The number of halogens is 1. The van der Waals surface area contributed by atoms with Crippen molar-refractivity contribution in [3.63, 3.8) is 0 Å². The van der Waals surface area contributed by atoms with Gasteiger partial charge in [0, 0.05) is 39.7 Å². The van der Waals surface area contributed by atoms with Gasteiger partial charge in [0.2, 0.25) is 0 Å². The Hall–Kier alpha value is -0.470. The molecule has 1 saturated heterocycles. The fourth-order valence-electron chi connectivity index (χ4n) is 2.75. The molecule has 0 spiro atoms. The van der Waals surface area contributed by atoms with E-state index in [4.69, 9.17) is 15.3 Å². The molecule has 2 rings (SSSR count). The maximum atomic E-state index is 6.07. The second kappa shape index (κ2) is 6.32. The number of aromatic nitrogens is 2.